The number of aliphatic hydroxyl groups excluding tert-OH is 1. The summed E-state index contributed by atoms with van der Waals surface area (Å²) in [5, 5.41) is 11.2. The molecule has 2 N–H and O–H groups in total. The number of alkyl halides is 2. The van der Waals surface area contributed by atoms with Gasteiger partial charge in [0.2, 0.25) is 0 Å². The van der Waals surface area contributed by atoms with Crippen molar-refractivity contribution < 1.29 is 13.9 Å². The highest BCUT2D eigenvalue weighted by Crippen LogP contribution is 2.13. The third-order valence-electron chi connectivity index (χ3n) is 2.51. The number of nitrogens with one attached hydrogen (secondary N) is 1. The highest BCUT2D eigenvalue weighted by molar-refractivity contribution is 4.79. The molecule has 0 aromatic rings. The van der Waals surface area contributed by atoms with E-state index in [9.17, 15) is 8.78 Å². The predicted octanol–water partition coefficient (Wildman–Crippen LogP) is 0.298. The number of likely N-dealkylation sites (tertiary alicyclic amines) is 1. The smallest absolute Gasteiger partial charge is 0.282 e. The largest absolute Gasteiger partial charge is 0.390 e. The molecule has 0 aromatic carbocycles. The summed E-state index contributed by atoms with van der Waals surface area (Å²) < 4.78 is 25.4. The average Bonchev–Trinajstić information content (AvgIpc) is 2.15. The maximum atomic E-state index is 12.7. The molecule has 1 heterocycles. The minimum absolute atomic E-state index is 0.131. The molecule has 0 aromatic heterocycles. The Kier molecular flexibility index (Phi) is 4.22. The summed E-state index contributed by atoms with van der Waals surface area (Å²) in [6, 6.07) is 0.131. The Morgan fingerprint density at radius 1 is 1.57 bits per heavy atom. The first kappa shape index (κ1) is 11.8. The zero-order valence-corrected chi connectivity index (χ0v) is 8.47. The van der Waals surface area contributed by atoms with Gasteiger partial charge in [0.25, 0.3) is 5.92 Å². The lowest BCUT2D eigenvalue weighted by molar-refractivity contribution is -0.0504. The van der Waals surface area contributed by atoms with Crippen LogP contribution >= 0.6 is 0 Å². The molecular weight excluding hydrogens is 190 g/mol. The molecule has 84 valence electrons. The lowest BCUT2D eigenvalue weighted by Gasteiger charge is -2.31. The van der Waals surface area contributed by atoms with E-state index in [-0.39, 0.29) is 6.04 Å². The van der Waals surface area contributed by atoms with Gasteiger partial charge in [-0.3, -0.25) is 0 Å². The Bertz CT molecular complexity index is 178. The van der Waals surface area contributed by atoms with Gasteiger partial charge in [-0.2, -0.15) is 0 Å². The molecule has 1 saturated heterocycles. The SMILES string of the molecule is CN1CCCC(NCC(F)(F)CO)C1. The molecule has 1 atom stereocenters. The van der Waals surface area contributed by atoms with Gasteiger partial charge in [0.05, 0.1) is 6.54 Å². The van der Waals surface area contributed by atoms with Gasteiger partial charge in [-0.15, -0.1) is 0 Å². The minimum atomic E-state index is -2.99. The number of rotatable bonds is 4. The van der Waals surface area contributed by atoms with E-state index in [0.717, 1.165) is 25.9 Å². The van der Waals surface area contributed by atoms with Crippen molar-refractivity contribution >= 4 is 0 Å². The van der Waals surface area contributed by atoms with Gasteiger partial charge < -0.3 is 15.3 Å². The summed E-state index contributed by atoms with van der Waals surface area (Å²) in [7, 11) is 1.98. The van der Waals surface area contributed by atoms with Crippen LogP contribution in [0.5, 0.6) is 0 Å². The second kappa shape index (κ2) is 5.00. The Morgan fingerprint density at radius 3 is 2.86 bits per heavy atom. The van der Waals surface area contributed by atoms with Crippen LogP contribution in [0.15, 0.2) is 0 Å². The summed E-state index contributed by atoms with van der Waals surface area (Å²) >= 11 is 0. The van der Waals surface area contributed by atoms with Crippen LogP contribution < -0.4 is 5.32 Å². The first-order valence-electron chi connectivity index (χ1n) is 4.94. The van der Waals surface area contributed by atoms with E-state index in [1.807, 2.05) is 7.05 Å². The fraction of sp³-hybridized carbons (Fsp3) is 1.00. The lowest BCUT2D eigenvalue weighted by atomic mass is 10.1. The van der Waals surface area contributed by atoms with Crippen LogP contribution in [0.2, 0.25) is 0 Å². The van der Waals surface area contributed by atoms with Crippen LogP contribution in [0.1, 0.15) is 12.8 Å². The van der Waals surface area contributed by atoms with E-state index in [2.05, 4.69) is 10.2 Å². The number of nitrogens with zero attached hydrogens (tertiary/aromatic N) is 1. The van der Waals surface area contributed by atoms with E-state index in [4.69, 9.17) is 5.11 Å². The highest BCUT2D eigenvalue weighted by Gasteiger charge is 2.29. The molecule has 14 heavy (non-hydrogen) atoms. The second-order valence-electron chi connectivity index (χ2n) is 4.00. The third-order valence-corrected chi connectivity index (χ3v) is 2.51. The average molecular weight is 208 g/mol. The van der Waals surface area contributed by atoms with Crippen LogP contribution in [0.25, 0.3) is 0 Å². The molecule has 0 aliphatic carbocycles. The molecule has 1 fully saturated rings. The Labute approximate surface area is 83.1 Å². The lowest BCUT2D eigenvalue weighted by Crippen LogP contribution is -2.48. The summed E-state index contributed by atoms with van der Waals surface area (Å²) in [5.41, 5.74) is 0. The molecule has 0 spiro atoms. The summed E-state index contributed by atoms with van der Waals surface area (Å²) in [5.74, 6) is -2.99. The fourth-order valence-electron chi connectivity index (χ4n) is 1.68. The van der Waals surface area contributed by atoms with Crippen LogP contribution in [-0.2, 0) is 0 Å². The molecule has 0 radical (unpaired) electrons. The van der Waals surface area contributed by atoms with E-state index in [1.54, 1.807) is 0 Å². The zero-order chi connectivity index (χ0) is 10.6. The van der Waals surface area contributed by atoms with Crippen LogP contribution in [0.3, 0.4) is 0 Å². The molecule has 1 rings (SSSR count). The number of hydrogen-bond acceptors (Lipinski definition) is 3. The molecule has 0 bridgehead atoms. The minimum Gasteiger partial charge on any atom is -0.390 e. The second-order valence-corrected chi connectivity index (χ2v) is 4.00. The summed E-state index contributed by atoms with van der Waals surface area (Å²) in [4.78, 5) is 2.12. The first-order valence-corrected chi connectivity index (χ1v) is 4.94. The van der Waals surface area contributed by atoms with Crippen molar-refractivity contribution in [2.75, 3.05) is 33.3 Å². The summed E-state index contributed by atoms with van der Waals surface area (Å²) in [6.45, 7) is 0.334. The van der Waals surface area contributed by atoms with Gasteiger partial charge in [-0.25, -0.2) is 8.78 Å². The molecule has 1 unspecified atom stereocenters. The van der Waals surface area contributed by atoms with Gasteiger partial charge in [0.1, 0.15) is 6.61 Å². The normalized spacial score (nSPS) is 25.3. The molecule has 5 heteroatoms. The van der Waals surface area contributed by atoms with Crippen LogP contribution in [-0.4, -0.2) is 55.3 Å². The van der Waals surface area contributed by atoms with Gasteiger partial charge in [0, 0.05) is 12.6 Å². The van der Waals surface area contributed by atoms with Crippen molar-refractivity contribution in [2.45, 2.75) is 24.8 Å². The number of halogens is 2. The van der Waals surface area contributed by atoms with E-state index in [1.165, 1.54) is 0 Å². The Morgan fingerprint density at radius 2 is 2.29 bits per heavy atom. The fourth-order valence-corrected chi connectivity index (χ4v) is 1.68. The van der Waals surface area contributed by atoms with E-state index in [0.29, 0.717) is 0 Å². The number of likely N-dealkylation sites (N-methyl/N-ethyl adjacent to an activating group) is 1. The van der Waals surface area contributed by atoms with Gasteiger partial charge in [-0.1, -0.05) is 0 Å². The first-order chi connectivity index (χ1) is 6.53. The topological polar surface area (TPSA) is 35.5 Å². The van der Waals surface area contributed by atoms with Crippen LogP contribution in [0, 0.1) is 0 Å². The summed E-state index contributed by atoms with van der Waals surface area (Å²) in [6.07, 6.45) is 1.98. The maximum Gasteiger partial charge on any atom is 0.282 e. The van der Waals surface area contributed by atoms with Crippen molar-refractivity contribution in [2.24, 2.45) is 0 Å². The van der Waals surface area contributed by atoms with E-state index >= 15 is 0 Å². The van der Waals surface area contributed by atoms with Gasteiger partial charge in [-0.05, 0) is 26.4 Å². The maximum absolute atomic E-state index is 12.7. The molecule has 0 saturated carbocycles. The van der Waals surface area contributed by atoms with Crippen molar-refractivity contribution in [3.05, 3.63) is 0 Å². The van der Waals surface area contributed by atoms with Gasteiger partial charge in [0.15, 0.2) is 0 Å². The Balaban J connectivity index is 2.23. The standard InChI is InChI=1S/C9H18F2N2O/c1-13-4-2-3-8(5-13)12-6-9(10,11)7-14/h8,12,14H,2-7H2,1H3. The number of piperidine rings is 1. The molecule has 3 nitrogen and oxygen atoms in total. The third kappa shape index (κ3) is 3.86. The Hall–Kier alpha value is -0.260. The predicted molar refractivity (Wildman–Crippen MR) is 50.6 cm³/mol. The molecule has 1 aliphatic heterocycles. The monoisotopic (exact) mass is 208 g/mol. The quantitative estimate of drug-likeness (QED) is 0.697. The molecule has 1 aliphatic rings. The van der Waals surface area contributed by atoms with Gasteiger partial charge >= 0.3 is 0 Å². The molecular formula is C9H18F2N2O. The zero-order valence-electron chi connectivity index (χ0n) is 8.47. The van der Waals surface area contributed by atoms with Crippen LogP contribution in [0.4, 0.5) is 8.78 Å². The van der Waals surface area contributed by atoms with Crippen molar-refractivity contribution in [3.63, 3.8) is 0 Å². The number of hydrogen-bond donors (Lipinski definition) is 2. The molecule has 0 amide bonds. The number of aliphatic hydroxyl groups is 1. The van der Waals surface area contributed by atoms with Crippen molar-refractivity contribution in [3.8, 4) is 0 Å². The van der Waals surface area contributed by atoms with Crippen molar-refractivity contribution in [1.29, 1.82) is 0 Å². The van der Waals surface area contributed by atoms with Crippen molar-refractivity contribution in [1.82, 2.24) is 10.2 Å². The van der Waals surface area contributed by atoms with E-state index < -0.39 is 19.1 Å². The highest BCUT2D eigenvalue weighted by atomic mass is 19.3.